The minimum atomic E-state index is -0.503. The zero-order valence-electron chi connectivity index (χ0n) is 17.5. The maximum atomic E-state index is 13.1. The van der Waals surface area contributed by atoms with E-state index in [0.717, 1.165) is 0 Å². The fourth-order valence-electron chi connectivity index (χ4n) is 3.03. The van der Waals surface area contributed by atoms with Crippen molar-refractivity contribution in [3.8, 4) is 6.07 Å². The molecule has 0 radical (unpaired) electrons. The summed E-state index contributed by atoms with van der Waals surface area (Å²) in [6.07, 6.45) is 0.670. The number of nitriles is 1. The number of ether oxygens (including phenoxy) is 1. The molecule has 1 amide bonds. The van der Waals surface area contributed by atoms with Crippen LogP contribution < -0.4 is 10.9 Å². The van der Waals surface area contributed by atoms with E-state index in [1.807, 2.05) is 19.1 Å². The minimum absolute atomic E-state index is 0.126. The number of hydrogen-bond acceptors (Lipinski definition) is 6. The minimum Gasteiger partial charge on any atom is -0.382 e. The standard InChI is InChI=1S/C23H24N4O3S/c1-3-30-13-7-12-27-22(29)19-10-4-5-11-20(19)26-23(27)31-16(2)21(28)25-18-9-6-8-17(14-18)15-24/h4-6,8-11,14,16H,3,7,12-13H2,1-2H3,(H,25,28). The van der Waals surface area contributed by atoms with Gasteiger partial charge in [-0.1, -0.05) is 30.0 Å². The third-order valence-electron chi connectivity index (χ3n) is 4.61. The first kappa shape index (κ1) is 22.5. The molecule has 0 fully saturated rings. The molecule has 2 aromatic carbocycles. The predicted octanol–water partition coefficient (Wildman–Crippen LogP) is 3.81. The number of para-hydroxylation sites is 1. The lowest BCUT2D eigenvalue weighted by molar-refractivity contribution is -0.115. The number of rotatable bonds is 9. The Hall–Kier alpha value is -3.15. The van der Waals surface area contributed by atoms with Crippen molar-refractivity contribution in [3.63, 3.8) is 0 Å². The lowest BCUT2D eigenvalue weighted by Crippen LogP contribution is -2.27. The molecule has 0 saturated carbocycles. The van der Waals surface area contributed by atoms with Crippen LogP contribution in [0.15, 0.2) is 58.5 Å². The molecule has 0 aliphatic heterocycles. The van der Waals surface area contributed by atoms with E-state index in [0.29, 0.717) is 53.5 Å². The summed E-state index contributed by atoms with van der Waals surface area (Å²) in [6, 6.07) is 16.0. The van der Waals surface area contributed by atoms with Crippen LogP contribution in [0, 0.1) is 11.3 Å². The van der Waals surface area contributed by atoms with Crippen LogP contribution in [0.4, 0.5) is 5.69 Å². The largest absolute Gasteiger partial charge is 0.382 e. The zero-order chi connectivity index (χ0) is 22.2. The van der Waals surface area contributed by atoms with Crippen LogP contribution in [0.2, 0.25) is 0 Å². The van der Waals surface area contributed by atoms with Gasteiger partial charge < -0.3 is 10.1 Å². The molecule has 1 N–H and O–H groups in total. The van der Waals surface area contributed by atoms with E-state index < -0.39 is 5.25 Å². The molecule has 8 heteroatoms. The molecule has 0 aliphatic rings. The van der Waals surface area contributed by atoms with Gasteiger partial charge in [0.15, 0.2) is 5.16 Å². The highest BCUT2D eigenvalue weighted by molar-refractivity contribution is 8.00. The van der Waals surface area contributed by atoms with Crippen LogP contribution in [-0.2, 0) is 16.1 Å². The van der Waals surface area contributed by atoms with Crippen molar-refractivity contribution in [2.24, 2.45) is 0 Å². The van der Waals surface area contributed by atoms with Gasteiger partial charge >= 0.3 is 0 Å². The molecule has 7 nitrogen and oxygen atoms in total. The molecule has 1 aromatic heterocycles. The first-order valence-corrected chi connectivity index (χ1v) is 11.0. The smallest absolute Gasteiger partial charge is 0.262 e. The number of carbonyl (C=O) groups excluding carboxylic acids is 1. The lowest BCUT2D eigenvalue weighted by atomic mass is 10.2. The number of benzene rings is 2. The third kappa shape index (κ3) is 5.72. The number of nitrogens with one attached hydrogen (secondary N) is 1. The number of nitrogens with zero attached hydrogens (tertiary/aromatic N) is 3. The number of carbonyl (C=O) groups is 1. The molecular weight excluding hydrogens is 412 g/mol. The number of aromatic nitrogens is 2. The first-order chi connectivity index (χ1) is 15.0. The number of amides is 1. The van der Waals surface area contributed by atoms with Crippen molar-refractivity contribution in [1.29, 1.82) is 5.26 Å². The summed E-state index contributed by atoms with van der Waals surface area (Å²) in [7, 11) is 0. The van der Waals surface area contributed by atoms with Crippen LogP contribution in [-0.4, -0.2) is 33.9 Å². The van der Waals surface area contributed by atoms with Gasteiger partial charge in [-0.3, -0.25) is 14.2 Å². The van der Waals surface area contributed by atoms with Crippen LogP contribution in [0.5, 0.6) is 0 Å². The summed E-state index contributed by atoms with van der Waals surface area (Å²) < 4.78 is 7.01. The van der Waals surface area contributed by atoms with Crippen molar-refractivity contribution in [2.75, 3.05) is 18.5 Å². The Bertz CT molecular complexity index is 1170. The molecule has 160 valence electrons. The second-order valence-electron chi connectivity index (χ2n) is 6.86. The van der Waals surface area contributed by atoms with E-state index in [1.165, 1.54) is 11.8 Å². The lowest BCUT2D eigenvalue weighted by Gasteiger charge is -2.16. The molecule has 1 unspecified atom stereocenters. The second-order valence-corrected chi connectivity index (χ2v) is 8.17. The van der Waals surface area contributed by atoms with E-state index in [-0.39, 0.29) is 11.5 Å². The normalized spacial score (nSPS) is 11.8. The Balaban J connectivity index is 1.83. The first-order valence-electron chi connectivity index (χ1n) is 10.1. The SMILES string of the molecule is CCOCCCn1c(SC(C)C(=O)Nc2cccc(C#N)c2)nc2ccccc2c1=O. The molecule has 0 bridgehead atoms. The molecule has 31 heavy (non-hydrogen) atoms. The van der Waals surface area contributed by atoms with Gasteiger partial charge in [0.1, 0.15) is 0 Å². The Morgan fingerprint density at radius 1 is 1.29 bits per heavy atom. The van der Waals surface area contributed by atoms with Crippen LogP contribution in [0.3, 0.4) is 0 Å². The van der Waals surface area contributed by atoms with Crippen molar-refractivity contribution >= 4 is 34.3 Å². The van der Waals surface area contributed by atoms with Crippen LogP contribution in [0.1, 0.15) is 25.8 Å². The van der Waals surface area contributed by atoms with E-state index in [2.05, 4.69) is 16.4 Å². The summed E-state index contributed by atoms with van der Waals surface area (Å²) in [5, 5.41) is 12.4. The van der Waals surface area contributed by atoms with E-state index in [1.54, 1.807) is 47.9 Å². The molecule has 0 aliphatic carbocycles. The molecule has 1 atom stereocenters. The van der Waals surface area contributed by atoms with E-state index >= 15 is 0 Å². The molecule has 3 rings (SSSR count). The van der Waals surface area contributed by atoms with Crippen molar-refractivity contribution in [2.45, 2.75) is 37.2 Å². The van der Waals surface area contributed by atoms with Gasteiger partial charge in [-0.25, -0.2) is 4.98 Å². The van der Waals surface area contributed by atoms with Gasteiger partial charge in [-0.05, 0) is 50.6 Å². The van der Waals surface area contributed by atoms with Gasteiger partial charge in [-0.2, -0.15) is 5.26 Å². The fourth-order valence-corrected chi connectivity index (χ4v) is 3.96. The third-order valence-corrected chi connectivity index (χ3v) is 5.70. The Morgan fingerprint density at radius 3 is 2.87 bits per heavy atom. The Morgan fingerprint density at radius 2 is 2.10 bits per heavy atom. The summed E-state index contributed by atoms with van der Waals surface area (Å²) in [4.78, 5) is 30.4. The van der Waals surface area contributed by atoms with Gasteiger partial charge in [0.05, 0.1) is 27.8 Å². The second kappa shape index (κ2) is 10.8. The maximum Gasteiger partial charge on any atom is 0.262 e. The topological polar surface area (TPSA) is 97.0 Å². The Labute approximate surface area is 185 Å². The van der Waals surface area contributed by atoms with Gasteiger partial charge in [-0.15, -0.1) is 0 Å². The van der Waals surface area contributed by atoms with Gasteiger partial charge in [0.25, 0.3) is 5.56 Å². The quantitative estimate of drug-likeness (QED) is 0.311. The van der Waals surface area contributed by atoms with Crippen LogP contribution in [0.25, 0.3) is 10.9 Å². The summed E-state index contributed by atoms with van der Waals surface area (Å²) in [6.45, 7) is 5.32. The summed E-state index contributed by atoms with van der Waals surface area (Å²) in [5.41, 5.74) is 1.50. The predicted molar refractivity (Wildman–Crippen MR) is 122 cm³/mol. The average molecular weight is 437 g/mol. The van der Waals surface area contributed by atoms with E-state index in [9.17, 15) is 9.59 Å². The molecule has 0 saturated heterocycles. The molecule has 1 heterocycles. The average Bonchev–Trinajstić information content (AvgIpc) is 2.78. The zero-order valence-corrected chi connectivity index (χ0v) is 18.3. The maximum absolute atomic E-state index is 13.1. The highest BCUT2D eigenvalue weighted by Gasteiger charge is 2.19. The fraction of sp³-hybridized carbons (Fsp3) is 0.304. The van der Waals surface area contributed by atoms with Crippen molar-refractivity contribution in [1.82, 2.24) is 9.55 Å². The van der Waals surface area contributed by atoms with Crippen LogP contribution >= 0.6 is 11.8 Å². The number of fused-ring (bicyclic) bond motifs is 1. The Kier molecular flexibility index (Phi) is 7.82. The summed E-state index contributed by atoms with van der Waals surface area (Å²) >= 11 is 1.23. The van der Waals surface area contributed by atoms with Crippen molar-refractivity contribution in [3.05, 3.63) is 64.4 Å². The molecule has 0 spiro atoms. The molecule has 3 aromatic rings. The highest BCUT2D eigenvalue weighted by Crippen LogP contribution is 2.24. The van der Waals surface area contributed by atoms with Gasteiger partial charge in [0.2, 0.25) is 5.91 Å². The number of hydrogen-bond donors (Lipinski definition) is 1. The molecular formula is C23H24N4O3S. The van der Waals surface area contributed by atoms with E-state index in [4.69, 9.17) is 10.00 Å². The monoisotopic (exact) mass is 436 g/mol. The highest BCUT2D eigenvalue weighted by atomic mass is 32.2. The van der Waals surface area contributed by atoms with Crippen molar-refractivity contribution < 1.29 is 9.53 Å². The number of anilines is 1. The summed E-state index contributed by atoms with van der Waals surface area (Å²) in [5.74, 6) is -0.233. The van der Waals surface area contributed by atoms with Gasteiger partial charge in [0, 0.05) is 25.4 Å². The number of thioether (sulfide) groups is 1.